The highest BCUT2D eigenvalue weighted by Gasteiger charge is 2.40. The average Bonchev–Trinajstić information content (AvgIpc) is 2.96. The van der Waals surface area contributed by atoms with Gasteiger partial charge < -0.3 is 4.52 Å². The van der Waals surface area contributed by atoms with E-state index in [4.69, 9.17) is 0 Å². The number of aromatic nitrogens is 2. The van der Waals surface area contributed by atoms with E-state index >= 15 is 0 Å². The van der Waals surface area contributed by atoms with Crippen molar-refractivity contribution in [2.24, 2.45) is 0 Å². The third-order valence-electron chi connectivity index (χ3n) is 2.96. The van der Waals surface area contributed by atoms with Crippen LogP contribution in [-0.4, -0.2) is 41.7 Å². The highest BCUT2D eigenvalue weighted by molar-refractivity contribution is 7.89. The molecule has 1 unspecified atom stereocenters. The molecule has 0 saturated carbocycles. The summed E-state index contributed by atoms with van der Waals surface area (Å²) in [4.78, 5) is 3.28. The van der Waals surface area contributed by atoms with Crippen LogP contribution in [0.3, 0.4) is 0 Å². The van der Waals surface area contributed by atoms with E-state index < -0.39 is 28.0 Å². The molecule has 1 aliphatic rings. The van der Waals surface area contributed by atoms with Gasteiger partial charge >= 0.3 is 12.1 Å². The molecule has 0 bridgehead atoms. The first-order chi connectivity index (χ1) is 8.74. The topological polar surface area (TPSA) is 76.3 Å². The van der Waals surface area contributed by atoms with Crippen LogP contribution in [-0.2, 0) is 16.2 Å². The van der Waals surface area contributed by atoms with Crippen molar-refractivity contribution < 1.29 is 26.1 Å². The average molecular weight is 299 g/mol. The van der Waals surface area contributed by atoms with Crippen LogP contribution in [0.5, 0.6) is 0 Å². The number of alkyl halides is 3. The third kappa shape index (κ3) is 2.89. The van der Waals surface area contributed by atoms with Gasteiger partial charge in [-0.3, -0.25) is 0 Å². The number of hydrogen-bond acceptors (Lipinski definition) is 5. The third-order valence-corrected chi connectivity index (χ3v) is 4.81. The largest absolute Gasteiger partial charge is 0.471 e. The molecule has 0 radical (unpaired) electrons. The maximum absolute atomic E-state index is 12.3. The molecule has 2 heterocycles. The second-order valence-electron chi connectivity index (χ2n) is 4.20. The predicted octanol–water partition coefficient (Wildman–Crippen LogP) is 1.23. The van der Waals surface area contributed by atoms with Crippen LogP contribution in [0.4, 0.5) is 13.2 Å². The first-order valence-electron chi connectivity index (χ1n) is 5.62. The van der Waals surface area contributed by atoms with Crippen molar-refractivity contribution in [3.63, 3.8) is 0 Å². The van der Waals surface area contributed by atoms with Crippen molar-refractivity contribution in [2.75, 3.05) is 18.8 Å². The van der Waals surface area contributed by atoms with Crippen LogP contribution in [0, 0.1) is 0 Å². The minimum absolute atomic E-state index is 0.0419. The van der Waals surface area contributed by atoms with E-state index in [2.05, 4.69) is 14.7 Å². The summed E-state index contributed by atoms with van der Waals surface area (Å²) < 4.78 is 65.5. The van der Waals surface area contributed by atoms with E-state index in [9.17, 15) is 21.6 Å². The molecule has 1 atom stereocenters. The van der Waals surface area contributed by atoms with Crippen molar-refractivity contribution in [2.45, 2.75) is 25.4 Å². The Morgan fingerprint density at radius 3 is 2.68 bits per heavy atom. The van der Waals surface area contributed by atoms with Crippen molar-refractivity contribution >= 4 is 10.0 Å². The van der Waals surface area contributed by atoms with E-state index in [-0.39, 0.29) is 24.7 Å². The van der Waals surface area contributed by atoms with E-state index in [1.54, 1.807) is 0 Å². The van der Waals surface area contributed by atoms with E-state index in [1.807, 2.05) is 0 Å². The standard InChI is InChI=1S/C9H12F3N3O3S/c1-2-19(16,17)15-4-3-6(5-15)7-13-8(18-14-7)9(10,11)12/h6H,2-5H2,1H3. The zero-order valence-corrected chi connectivity index (χ0v) is 10.8. The van der Waals surface area contributed by atoms with Gasteiger partial charge in [0.05, 0.1) is 5.75 Å². The first kappa shape index (κ1) is 14.3. The van der Waals surface area contributed by atoms with Gasteiger partial charge in [-0.1, -0.05) is 5.16 Å². The fraction of sp³-hybridized carbons (Fsp3) is 0.778. The lowest BCUT2D eigenvalue weighted by Gasteiger charge is -2.13. The molecule has 6 nitrogen and oxygen atoms in total. The molecule has 0 N–H and O–H groups in total. The van der Waals surface area contributed by atoms with E-state index in [0.717, 1.165) is 0 Å². The second kappa shape index (κ2) is 4.75. The van der Waals surface area contributed by atoms with Crippen molar-refractivity contribution in [1.82, 2.24) is 14.4 Å². The fourth-order valence-electron chi connectivity index (χ4n) is 1.89. The molecule has 0 aliphatic carbocycles. The van der Waals surface area contributed by atoms with Gasteiger partial charge in [0.1, 0.15) is 0 Å². The molecular formula is C9H12F3N3O3S. The minimum Gasteiger partial charge on any atom is -0.329 e. The van der Waals surface area contributed by atoms with E-state index in [1.165, 1.54) is 11.2 Å². The van der Waals surface area contributed by atoms with Crippen molar-refractivity contribution in [1.29, 1.82) is 0 Å². The van der Waals surface area contributed by atoms with Gasteiger partial charge in [-0.25, -0.2) is 12.7 Å². The molecular weight excluding hydrogens is 287 g/mol. The molecule has 1 aromatic rings. The summed E-state index contributed by atoms with van der Waals surface area (Å²) in [6, 6.07) is 0. The summed E-state index contributed by atoms with van der Waals surface area (Å²) >= 11 is 0. The molecule has 2 rings (SSSR count). The highest BCUT2D eigenvalue weighted by atomic mass is 32.2. The lowest BCUT2D eigenvalue weighted by Crippen LogP contribution is -2.30. The smallest absolute Gasteiger partial charge is 0.329 e. The molecule has 0 spiro atoms. The maximum Gasteiger partial charge on any atom is 0.471 e. The normalized spacial score (nSPS) is 22.0. The summed E-state index contributed by atoms with van der Waals surface area (Å²) in [6.45, 7) is 1.86. The molecule has 19 heavy (non-hydrogen) atoms. The van der Waals surface area contributed by atoms with Crippen LogP contribution in [0.15, 0.2) is 4.52 Å². The lowest BCUT2D eigenvalue weighted by atomic mass is 10.1. The molecule has 1 aromatic heterocycles. The zero-order valence-electron chi connectivity index (χ0n) is 10.0. The number of nitrogens with zero attached hydrogens (tertiary/aromatic N) is 3. The Morgan fingerprint density at radius 1 is 1.47 bits per heavy atom. The number of hydrogen-bond donors (Lipinski definition) is 0. The van der Waals surface area contributed by atoms with Gasteiger partial charge in [-0.15, -0.1) is 0 Å². The lowest BCUT2D eigenvalue weighted by molar-refractivity contribution is -0.159. The van der Waals surface area contributed by atoms with Crippen LogP contribution >= 0.6 is 0 Å². The molecule has 0 amide bonds. The molecule has 108 valence electrons. The molecule has 0 aromatic carbocycles. The van der Waals surface area contributed by atoms with Crippen molar-refractivity contribution in [3.8, 4) is 0 Å². The van der Waals surface area contributed by atoms with Crippen LogP contribution in [0.1, 0.15) is 31.0 Å². The number of halogens is 3. The Bertz CT molecular complexity index is 555. The van der Waals surface area contributed by atoms with Crippen LogP contribution < -0.4 is 0 Å². The molecule has 10 heteroatoms. The maximum atomic E-state index is 12.3. The van der Waals surface area contributed by atoms with Gasteiger partial charge in [0.15, 0.2) is 5.82 Å². The molecule has 1 aliphatic heterocycles. The van der Waals surface area contributed by atoms with Gasteiger partial charge in [0.25, 0.3) is 0 Å². The zero-order chi connectivity index (χ0) is 14.3. The quantitative estimate of drug-likeness (QED) is 0.839. The van der Waals surface area contributed by atoms with Gasteiger partial charge in [0.2, 0.25) is 10.0 Å². The molecule has 1 saturated heterocycles. The summed E-state index contributed by atoms with van der Waals surface area (Å²) in [7, 11) is -3.34. The monoisotopic (exact) mass is 299 g/mol. The number of rotatable bonds is 3. The SMILES string of the molecule is CCS(=O)(=O)N1CCC(c2noc(C(F)(F)F)n2)C1. The van der Waals surface area contributed by atoms with Gasteiger partial charge in [-0.2, -0.15) is 18.2 Å². The van der Waals surface area contributed by atoms with Gasteiger partial charge in [0, 0.05) is 19.0 Å². The summed E-state index contributed by atoms with van der Waals surface area (Å²) in [5.41, 5.74) is 0. The summed E-state index contributed by atoms with van der Waals surface area (Å²) in [6.07, 6.45) is -4.30. The van der Waals surface area contributed by atoms with Crippen LogP contribution in [0.2, 0.25) is 0 Å². The Balaban J connectivity index is 2.12. The summed E-state index contributed by atoms with van der Waals surface area (Å²) in [5.74, 6) is -2.00. The minimum atomic E-state index is -4.68. The molecule has 1 fully saturated rings. The van der Waals surface area contributed by atoms with Crippen molar-refractivity contribution in [3.05, 3.63) is 11.7 Å². The Labute approximate surface area is 107 Å². The predicted molar refractivity (Wildman–Crippen MR) is 57.7 cm³/mol. The summed E-state index contributed by atoms with van der Waals surface area (Å²) in [5, 5.41) is 3.28. The number of sulfonamides is 1. The Kier molecular flexibility index (Phi) is 3.56. The van der Waals surface area contributed by atoms with Gasteiger partial charge in [-0.05, 0) is 13.3 Å². The Hall–Kier alpha value is -1.16. The highest BCUT2D eigenvalue weighted by Crippen LogP contribution is 2.31. The second-order valence-corrected chi connectivity index (χ2v) is 6.46. The first-order valence-corrected chi connectivity index (χ1v) is 7.23. The Morgan fingerprint density at radius 2 is 2.16 bits per heavy atom. The van der Waals surface area contributed by atoms with Crippen LogP contribution in [0.25, 0.3) is 0 Å². The van der Waals surface area contributed by atoms with E-state index in [0.29, 0.717) is 6.42 Å². The fourth-order valence-corrected chi connectivity index (χ4v) is 3.05.